The van der Waals surface area contributed by atoms with Crippen molar-refractivity contribution in [2.75, 3.05) is 12.8 Å². The minimum atomic E-state index is -0.461. The molecule has 7 heteroatoms. The van der Waals surface area contributed by atoms with Gasteiger partial charge in [0.1, 0.15) is 0 Å². The highest BCUT2D eigenvalue weighted by Gasteiger charge is 2.17. The van der Waals surface area contributed by atoms with Crippen LogP contribution in [0.5, 0.6) is 0 Å². The first-order valence-electron chi connectivity index (χ1n) is 6.51. The van der Waals surface area contributed by atoms with Gasteiger partial charge in [-0.1, -0.05) is 17.7 Å². The lowest BCUT2D eigenvalue weighted by molar-refractivity contribution is 0.0600. The molecule has 0 aliphatic heterocycles. The van der Waals surface area contributed by atoms with E-state index < -0.39 is 5.97 Å². The van der Waals surface area contributed by atoms with Crippen molar-refractivity contribution in [3.63, 3.8) is 0 Å². The van der Waals surface area contributed by atoms with Crippen LogP contribution in [0.3, 0.4) is 0 Å². The third-order valence-corrected chi connectivity index (χ3v) is 3.78. The zero-order valence-electron chi connectivity index (χ0n) is 12.0. The minimum absolute atomic E-state index is 0.209. The highest BCUT2D eigenvalue weighted by atomic mass is 35.5. The second-order valence-corrected chi connectivity index (χ2v) is 5.18. The Labute approximate surface area is 131 Å². The molecule has 2 aromatic heterocycles. The Morgan fingerprint density at radius 3 is 2.86 bits per heavy atom. The molecule has 0 aliphatic rings. The molecule has 0 bridgehead atoms. The van der Waals surface area contributed by atoms with E-state index in [4.69, 9.17) is 22.1 Å². The average molecular weight is 317 g/mol. The van der Waals surface area contributed by atoms with Crippen LogP contribution in [0.1, 0.15) is 15.9 Å². The van der Waals surface area contributed by atoms with E-state index in [1.54, 1.807) is 16.8 Å². The number of hydrogen-bond acceptors (Lipinski definition) is 5. The third-order valence-electron chi connectivity index (χ3n) is 3.47. The highest BCUT2D eigenvalue weighted by molar-refractivity contribution is 6.34. The highest BCUT2D eigenvalue weighted by Crippen LogP contribution is 2.31. The molecule has 0 saturated heterocycles. The number of methoxy groups -OCH3 is 1. The van der Waals surface area contributed by atoms with E-state index in [1.807, 2.05) is 25.1 Å². The van der Waals surface area contributed by atoms with E-state index in [0.717, 1.165) is 16.7 Å². The number of carbonyl (C=O) groups excluding carboxylic acids is 1. The summed E-state index contributed by atoms with van der Waals surface area (Å²) in [6.45, 7) is 1.83. The molecule has 1 aromatic carbocycles. The zero-order valence-corrected chi connectivity index (χ0v) is 12.8. The molecule has 0 amide bonds. The number of benzene rings is 1. The topological polar surface area (TPSA) is 82.5 Å². The van der Waals surface area contributed by atoms with Crippen molar-refractivity contribution < 1.29 is 9.53 Å². The number of nitrogens with zero attached hydrogens (tertiary/aromatic N) is 3. The lowest BCUT2D eigenvalue weighted by atomic mass is 9.97. The average Bonchev–Trinajstić information content (AvgIpc) is 2.86. The molecule has 0 atom stereocenters. The second kappa shape index (κ2) is 5.31. The van der Waals surface area contributed by atoms with Crippen molar-refractivity contribution in [3.8, 4) is 11.1 Å². The smallest absolute Gasteiger partial charge is 0.339 e. The van der Waals surface area contributed by atoms with Gasteiger partial charge in [-0.15, -0.1) is 5.10 Å². The molecule has 0 spiro atoms. The number of aromatic nitrogens is 3. The molecule has 3 rings (SSSR count). The number of carbonyl (C=O) groups is 1. The van der Waals surface area contributed by atoms with E-state index >= 15 is 0 Å². The molecule has 0 unspecified atom stereocenters. The van der Waals surface area contributed by atoms with Crippen molar-refractivity contribution in [1.82, 2.24) is 14.6 Å². The number of anilines is 1. The maximum Gasteiger partial charge on any atom is 0.339 e. The zero-order chi connectivity index (χ0) is 15.9. The van der Waals surface area contributed by atoms with E-state index in [2.05, 4.69) is 10.1 Å². The molecule has 3 aromatic rings. The molecule has 2 heterocycles. The molecule has 2 N–H and O–H groups in total. The Bertz CT molecular complexity index is 889. The summed E-state index contributed by atoms with van der Waals surface area (Å²) in [7, 11) is 1.33. The Kier molecular flexibility index (Phi) is 3.46. The monoisotopic (exact) mass is 316 g/mol. The lowest BCUT2D eigenvalue weighted by Crippen LogP contribution is -2.06. The Balaban J connectivity index is 2.19. The first-order valence-corrected chi connectivity index (χ1v) is 6.88. The fraction of sp³-hybridized carbons (Fsp3) is 0.133. The second-order valence-electron chi connectivity index (χ2n) is 4.77. The van der Waals surface area contributed by atoms with Crippen molar-refractivity contribution in [2.45, 2.75) is 6.92 Å². The number of hydrogen-bond donors (Lipinski definition) is 1. The normalized spacial score (nSPS) is 10.9. The van der Waals surface area contributed by atoms with Crippen LogP contribution in [0.25, 0.3) is 16.8 Å². The summed E-state index contributed by atoms with van der Waals surface area (Å²) in [6.07, 6.45) is 1.76. The Morgan fingerprint density at radius 1 is 1.36 bits per heavy atom. The number of nitrogens with two attached hydrogens (primary N) is 1. The van der Waals surface area contributed by atoms with Crippen LogP contribution in [-0.4, -0.2) is 27.7 Å². The fourth-order valence-electron chi connectivity index (χ4n) is 2.41. The van der Waals surface area contributed by atoms with Crippen LogP contribution in [0.4, 0.5) is 5.95 Å². The van der Waals surface area contributed by atoms with E-state index in [9.17, 15) is 4.79 Å². The van der Waals surface area contributed by atoms with Crippen LogP contribution in [-0.2, 0) is 4.74 Å². The van der Waals surface area contributed by atoms with Crippen molar-refractivity contribution in [1.29, 1.82) is 0 Å². The van der Waals surface area contributed by atoms with Gasteiger partial charge in [0.05, 0.1) is 17.7 Å². The molecule has 0 radical (unpaired) electrons. The summed E-state index contributed by atoms with van der Waals surface area (Å²) in [6, 6.07) is 7.26. The van der Waals surface area contributed by atoms with Gasteiger partial charge in [-0.3, -0.25) is 0 Å². The van der Waals surface area contributed by atoms with Gasteiger partial charge in [0.15, 0.2) is 5.65 Å². The van der Waals surface area contributed by atoms with Crippen LogP contribution < -0.4 is 5.73 Å². The summed E-state index contributed by atoms with van der Waals surface area (Å²) in [5, 5.41) is 4.39. The maximum absolute atomic E-state index is 11.9. The van der Waals surface area contributed by atoms with Gasteiger partial charge in [-0.05, 0) is 41.8 Å². The van der Waals surface area contributed by atoms with Crippen LogP contribution in [0.15, 0.2) is 30.5 Å². The van der Waals surface area contributed by atoms with Gasteiger partial charge in [0.2, 0.25) is 5.95 Å². The SMILES string of the molecule is COC(=O)c1c(Cl)ccc(-c2ccn3nc(N)nc3c2)c1C. The number of fused-ring (bicyclic) bond motifs is 1. The molecule has 0 saturated carbocycles. The number of pyridine rings is 1. The summed E-state index contributed by atoms with van der Waals surface area (Å²) >= 11 is 6.12. The van der Waals surface area contributed by atoms with Gasteiger partial charge < -0.3 is 10.5 Å². The van der Waals surface area contributed by atoms with E-state index in [0.29, 0.717) is 16.2 Å². The number of esters is 1. The quantitative estimate of drug-likeness (QED) is 0.735. The Hall–Kier alpha value is -2.60. The molecular formula is C15H13ClN4O2. The molecule has 112 valence electrons. The summed E-state index contributed by atoms with van der Waals surface area (Å²) in [4.78, 5) is 16.0. The first kappa shape index (κ1) is 14.3. The number of halogens is 1. The Morgan fingerprint density at radius 2 is 2.14 bits per heavy atom. The summed E-state index contributed by atoms with van der Waals surface area (Å²) in [5.41, 5.74) is 9.09. The van der Waals surface area contributed by atoms with Crippen LogP contribution in [0, 0.1) is 6.92 Å². The summed E-state index contributed by atoms with van der Waals surface area (Å²) < 4.78 is 6.38. The largest absolute Gasteiger partial charge is 0.465 e. The predicted octanol–water partition coefficient (Wildman–Crippen LogP) is 2.73. The van der Waals surface area contributed by atoms with Gasteiger partial charge >= 0.3 is 5.97 Å². The first-order chi connectivity index (χ1) is 10.5. The van der Waals surface area contributed by atoms with Crippen molar-refractivity contribution in [3.05, 3.63) is 46.6 Å². The minimum Gasteiger partial charge on any atom is -0.465 e. The van der Waals surface area contributed by atoms with E-state index in [-0.39, 0.29) is 5.95 Å². The van der Waals surface area contributed by atoms with E-state index in [1.165, 1.54) is 7.11 Å². The number of ether oxygens (including phenoxy) is 1. The maximum atomic E-state index is 11.9. The van der Waals surface area contributed by atoms with Gasteiger partial charge in [0.25, 0.3) is 0 Å². The molecule has 0 aliphatic carbocycles. The third kappa shape index (κ3) is 2.27. The van der Waals surface area contributed by atoms with Crippen LogP contribution in [0.2, 0.25) is 5.02 Å². The molecular weight excluding hydrogens is 304 g/mol. The fourth-order valence-corrected chi connectivity index (χ4v) is 2.69. The van der Waals surface area contributed by atoms with Gasteiger partial charge in [-0.25, -0.2) is 9.31 Å². The number of nitrogen functional groups attached to an aromatic ring is 1. The lowest BCUT2D eigenvalue weighted by Gasteiger charge is -2.12. The predicted molar refractivity (Wildman–Crippen MR) is 83.9 cm³/mol. The molecule has 22 heavy (non-hydrogen) atoms. The van der Waals surface area contributed by atoms with Gasteiger partial charge in [-0.2, -0.15) is 4.98 Å². The van der Waals surface area contributed by atoms with Crippen molar-refractivity contribution >= 4 is 29.2 Å². The summed E-state index contributed by atoms with van der Waals surface area (Å²) in [5.74, 6) is -0.252. The standard InChI is InChI=1S/C15H13ClN4O2/c1-8-10(3-4-11(16)13(8)14(21)22-2)9-5-6-20-12(7-9)18-15(17)19-20/h3-7H,1-2H3,(H2,17,19). The molecule has 0 fully saturated rings. The number of rotatable bonds is 2. The van der Waals surface area contributed by atoms with Crippen LogP contribution >= 0.6 is 11.6 Å². The molecule has 6 nitrogen and oxygen atoms in total. The van der Waals surface area contributed by atoms with Gasteiger partial charge in [0, 0.05) is 6.20 Å². The van der Waals surface area contributed by atoms with Crippen molar-refractivity contribution in [2.24, 2.45) is 0 Å².